The Morgan fingerprint density at radius 3 is 2.79 bits per heavy atom. The third-order valence-electron chi connectivity index (χ3n) is 4.46. The molecule has 3 rings (SSSR count). The predicted octanol–water partition coefficient (Wildman–Crippen LogP) is 3.71. The first-order chi connectivity index (χ1) is 13.4. The smallest absolute Gasteiger partial charge is 0.341 e. The van der Waals surface area contributed by atoms with Gasteiger partial charge in [0.1, 0.15) is 10.7 Å². The maximum Gasteiger partial charge on any atom is 0.341 e. The summed E-state index contributed by atoms with van der Waals surface area (Å²) in [6, 6.07) is 0. The third-order valence-corrected chi connectivity index (χ3v) is 6.15. The van der Waals surface area contributed by atoms with Crippen molar-refractivity contribution in [3.63, 3.8) is 0 Å². The molecule has 0 saturated heterocycles. The number of ether oxygens (including phenoxy) is 1. The fourth-order valence-electron chi connectivity index (χ4n) is 3.21. The molecule has 1 amide bonds. The zero-order chi connectivity index (χ0) is 20.3. The predicted molar refractivity (Wildman–Crippen MR) is 113 cm³/mol. The van der Waals surface area contributed by atoms with Crippen LogP contribution in [0.1, 0.15) is 57.5 Å². The van der Waals surface area contributed by atoms with Crippen molar-refractivity contribution in [3.8, 4) is 0 Å². The molecule has 28 heavy (non-hydrogen) atoms. The number of hydrogen-bond donors (Lipinski definition) is 2. The average molecular weight is 441 g/mol. The van der Waals surface area contributed by atoms with Crippen LogP contribution < -0.4 is 10.6 Å². The van der Waals surface area contributed by atoms with Crippen molar-refractivity contribution < 1.29 is 14.3 Å². The highest BCUT2D eigenvalue weighted by atomic mass is 35.5. The number of anilines is 1. The van der Waals surface area contributed by atoms with Crippen molar-refractivity contribution in [1.82, 2.24) is 15.1 Å². The molecule has 2 aromatic rings. The Morgan fingerprint density at radius 1 is 1.36 bits per heavy atom. The summed E-state index contributed by atoms with van der Waals surface area (Å²) in [5.74, 6) is -0.841. The third kappa shape index (κ3) is 4.37. The minimum absolute atomic E-state index is 0.0872. The summed E-state index contributed by atoms with van der Waals surface area (Å²) >= 11 is 12.8. The van der Waals surface area contributed by atoms with Crippen molar-refractivity contribution in [2.45, 2.75) is 39.0 Å². The van der Waals surface area contributed by atoms with Crippen molar-refractivity contribution >= 4 is 57.1 Å². The van der Waals surface area contributed by atoms with Crippen molar-refractivity contribution in [1.29, 1.82) is 0 Å². The molecule has 0 saturated carbocycles. The summed E-state index contributed by atoms with van der Waals surface area (Å²) in [5.41, 5.74) is 1.77. The van der Waals surface area contributed by atoms with Crippen LogP contribution in [0.5, 0.6) is 0 Å². The average Bonchev–Trinajstić information content (AvgIpc) is 3.04. The lowest BCUT2D eigenvalue weighted by atomic mass is 10.1. The molecule has 0 bridgehead atoms. The Hall–Kier alpha value is -1.97. The van der Waals surface area contributed by atoms with Crippen molar-refractivity contribution in [3.05, 3.63) is 32.9 Å². The first-order valence-corrected chi connectivity index (χ1v) is 10.6. The molecule has 150 valence electrons. The first-order valence-electron chi connectivity index (χ1n) is 9.03. The largest absolute Gasteiger partial charge is 0.462 e. The molecule has 1 aliphatic rings. The minimum Gasteiger partial charge on any atom is -0.462 e. The van der Waals surface area contributed by atoms with Crippen LogP contribution in [-0.2, 0) is 24.6 Å². The topological polar surface area (TPSA) is 85.2 Å². The van der Waals surface area contributed by atoms with E-state index in [1.807, 2.05) is 0 Å². The van der Waals surface area contributed by atoms with Gasteiger partial charge in [0.05, 0.1) is 23.4 Å². The van der Waals surface area contributed by atoms with Gasteiger partial charge in [-0.25, -0.2) is 4.79 Å². The molecule has 0 spiro atoms. The number of fused-ring (bicyclic) bond motifs is 1. The van der Waals surface area contributed by atoms with E-state index in [1.54, 1.807) is 14.0 Å². The molecule has 0 unspecified atom stereocenters. The Balaban J connectivity index is 1.82. The number of amides is 1. The molecule has 2 aromatic heterocycles. The maximum atomic E-state index is 12.6. The van der Waals surface area contributed by atoms with Crippen LogP contribution in [0.25, 0.3) is 0 Å². The van der Waals surface area contributed by atoms with Gasteiger partial charge < -0.3 is 10.1 Å². The zero-order valence-electron chi connectivity index (χ0n) is 15.6. The van der Waals surface area contributed by atoms with E-state index in [9.17, 15) is 9.59 Å². The van der Waals surface area contributed by atoms with E-state index < -0.39 is 5.91 Å². The van der Waals surface area contributed by atoms with E-state index in [0.29, 0.717) is 17.2 Å². The first kappa shape index (κ1) is 20.8. The number of nitrogens with one attached hydrogen (secondary N) is 2. The monoisotopic (exact) mass is 440 g/mol. The number of rotatable bonds is 4. The van der Waals surface area contributed by atoms with Gasteiger partial charge in [-0.3, -0.25) is 14.8 Å². The highest BCUT2D eigenvalue weighted by Crippen LogP contribution is 2.38. The van der Waals surface area contributed by atoms with Crippen LogP contribution in [0.4, 0.5) is 5.00 Å². The molecule has 10 heteroatoms. The molecule has 0 aromatic carbocycles. The molecule has 0 radical (unpaired) electrons. The Kier molecular flexibility index (Phi) is 6.69. The standard InChI is InChI=1S/C18H21ClN4O3S2/c1-3-26-17(25)13-10-7-5-4-6-8-12(10)28-16(13)22-18(27)21-15(24)14-11(19)9-20-23(14)2/h9H,3-8H2,1-2H3,(H2,21,22,24,27). The molecular formula is C18H21ClN4O3S2. The molecule has 7 nitrogen and oxygen atoms in total. The van der Waals surface area contributed by atoms with Gasteiger partial charge in [0.15, 0.2) is 5.11 Å². The lowest BCUT2D eigenvalue weighted by Crippen LogP contribution is -2.35. The second-order valence-corrected chi connectivity index (χ2v) is 8.28. The van der Waals surface area contributed by atoms with Gasteiger partial charge in [0.25, 0.3) is 5.91 Å². The van der Waals surface area contributed by atoms with Gasteiger partial charge in [-0.05, 0) is 50.4 Å². The molecule has 0 atom stereocenters. The number of aryl methyl sites for hydroxylation is 2. The number of carbonyl (C=O) groups is 2. The number of thiophene rings is 1. The molecule has 2 N–H and O–H groups in total. The number of hydrogen-bond acceptors (Lipinski definition) is 6. The zero-order valence-corrected chi connectivity index (χ0v) is 18.0. The Labute approximate surface area is 177 Å². The second kappa shape index (κ2) is 9.02. The lowest BCUT2D eigenvalue weighted by molar-refractivity contribution is 0.0526. The summed E-state index contributed by atoms with van der Waals surface area (Å²) < 4.78 is 6.63. The van der Waals surface area contributed by atoms with Gasteiger partial charge in [-0.2, -0.15) is 5.10 Å². The fraction of sp³-hybridized carbons (Fsp3) is 0.444. The molecule has 0 fully saturated rings. The maximum absolute atomic E-state index is 12.6. The number of halogens is 1. The summed E-state index contributed by atoms with van der Waals surface area (Å²) in [5, 5.41) is 10.5. The SMILES string of the molecule is CCOC(=O)c1c(NC(=S)NC(=O)c2c(Cl)cnn2C)sc2c1CCCCC2. The number of carbonyl (C=O) groups excluding carboxylic acids is 2. The van der Waals surface area contributed by atoms with E-state index in [-0.39, 0.29) is 21.8 Å². The lowest BCUT2D eigenvalue weighted by Gasteiger charge is -2.11. The molecule has 1 aliphatic carbocycles. The van der Waals surface area contributed by atoms with E-state index >= 15 is 0 Å². The highest BCUT2D eigenvalue weighted by molar-refractivity contribution is 7.80. The second-order valence-electron chi connectivity index (χ2n) is 6.36. The number of thiocarbonyl (C=S) groups is 1. The Morgan fingerprint density at radius 2 is 2.11 bits per heavy atom. The van der Waals surface area contributed by atoms with Crippen molar-refractivity contribution in [2.24, 2.45) is 7.05 Å². The quantitative estimate of drug-likeness (QED) is 0.428. The van der Waals surface area contributed by atoms with Gasteiger partial charge in [-0.1, -0.05) is 18.0 Å². The van der Waals surface area contributed by atoms with Gasteiger partial charge in [-0.15, -0.1) is 11.3 Å². The molecular weight excluding hydrogens is 420 g/mol. The summed E-state index contributed by atoms with van der Waals surface area (Å²) in [4.78, 5) is 26.2. The minimum atomic E-state index is -0.474. The van der Waals surface area contributed by atoms with Gasteiger partial charge >= 0.3 is 5.97 Å². The van der Waals surface area contributed by atoms with Crippen LogP contribution in [0.3, 0.4) is 0 Å². The molecule has 2 heterocycles. The van der Waals surface area contributed by atoms with Crippen LogP contribution >= 0.6 is 35.2 Å². The van der Waals surface area contributed by atoms with Gasteiger partial charge in [0.2, 0.25) is 0 Å². The van der Waals surface area contributed by atoms with E-state index in [4.69, 9.17) is 28.6 Å². The van der Waals surface area contributed by atoms with Crippen LogP contribution in [0, 0.1) is 0 Å². The number of nitrogens with zero attached hydrogens (tertiary/aromatic N) is 2. The van der Waals surface area contributed by atoms with Crippen LogP contribution in [0.2, 0.25) is 5.02 Å². The summed E-state index contributed by atoms with van der Waals surface area (Å²) in [7, 11) is 1.62. The highest BCUT2D eigenvalue weighted by Gasteiger charge is 2.26. The van der Waals surface area contributed by atoms with E-state index in [2.05, 4.69) is 15.7 Å². The Bertz CT molecular complexity index is 903. The normalized spacial score (nSPS) is 13.4. The van der Waals surface area contributed by atoms with E-state index in [0.717, 1.165) is 37.7 Å². The number of esters is 1. The van der Waals surface area contributed by atoms with E-state index in [1.165, 1.54) is 27.1 Å². The number of aromatic nitrogens is 2. The van der Waals surface area contributed by atoms with Crippen LogP contribution in [-0.4, -0.2) is 33.4 Å². The summed E-state index contributed by atoms with van der Waals surface area (Å²) in [6.07, 6.45) is 6.43. The molecule has 0 aliphatic heterocycles. The van der Waals surface area contributed by atoms with Gasteiger partial charge in [0, 0.05) is 11.9 Å². The van der Waals surface area contributed by atoms with Crippen LogP contribution in [0.15, 0.2) is 6.20 Å². The summed E-state index contributed by atoms with van der Waals surface area (Å²) in [6.45, 7) is 2.07. The van der Waals surface area contributed by atoms with Crippen molar-refractivity contribution in [2.75, 3.05) is 11.9 Å². The fourth-order valence-corrected chi connectivity index (χ4v) is 5.01.